The number of carbonyl (C=O) groups is 1. The fourth-order valence-corrected chi connectivity index (χ4v) is 3.66. The monoisotopic (exact) mass is 349 g/mol. The minimum Gasteiger partial charge on any atom is -0.494 e. The van der Waals surface area contributed by atoms with E-state index < -0.39 is 0 Å². The highest BCUT2D eigenvalue weighted by molar-refractivity contribution is 5.91. The van der Waals surface area contributed by atoms with Crippen LogP contribution < -0.4 is 10.1 Å². The molecule has 0 spiro atoms. The number of hydrogen-bond acceptors (Lipinski definition) is 2. The summed E-state index contributed by atoms with van der Waals surface area (Å²) in [5, 5.41) is 4.29. The molecule has 1 aromatic heterocycles. The summed E-state index contributed by atoms with van der Waals surface area (Å²) in [7, 11) is 2.08. The van der Waals surface area contributed by atoms with E-state index in [9.17, 15) is 4.79 Å². The zero-order chi connectivity index (χ0) is 18.1. The Bertz CT molecular complexity index is 944. The number of rotatable bonds is 3. The summed E-state index contributed by atoms with van der Waals surface area (Å²) in [6, 6.07) is 13.7. The van der Waals surface area contributed by atoms with Crippen LogP contribution in [0.5, 0.6) is 5.75 Å². The highest BCUT2D eigenvalue weighted by Gasteiger charge is 2.21. The van der Waals surface area contributed by atoms with Crippen molar-refractivity contribution in [3.05, 3.63) is 59.8 Å². The first-order valence-electron chi connectivity index (χ1n) is 9.00. The lowest BCUT2D eigenvalue weighted by molar-refractivity contribution is 0.210. The van der Waals surface area contributed by atoms with Crippen molar-refractivity contribution in [1.82, 2.24) is 9.47 Å². The SMILES string of the molecule is CCOc1ccc(NC(=O)N2CCc3cn(C)c4cccc(c34)C2)cc1. The van der Waals surface area contributed by atoms with Crippen LogP contribution in [0.4, 0.5) is 10.5 Å². The van der Waals surface area contributed by atoms with Gasteiger partial charge in [0.15, 0.2) is 0 Å². The maximum Gasteiger partial charge on any atom is 0.322 e. The number of nitrogens with one attached hydrogen (secondary N) is 1. The molecule has 1 N–H and O–H groups in total. The van der Waals surface area contributed by atoms with Crippen molar-refractivity contribution in [3.8, 4) is 5.75 Å². The molecule has 0 radical (unpaired) electrons. The highest BCUT2D eigenvalue weighted by Crippen LogP contribution is 2.29. The third-order valence-electron chi connectivity index (χ3n) is 4.90. The molecule has 0 saturated carbocycles. The van der Waals surface area contributed by atoms with Crippen LogP contribution in [0.25, 0.3) is 10.9 Å². The Morgan fingerprint density at radius 1 is 1.15 bits per heavy atom. The molecule has 5 heteroatoms. The summed E-state index contributed by atoms with van der Waals surface area (Å²) >= 11 is 0. The second-order valence-electron chi connectivity index (χ2n) is 6.64. The van der Waals surface area contributed by atoms with Crippen molar-refractivity contribution >= 4 is 22.6 Å². The van der Waals surface area contributed by atoms with E-state index in [0.29, 0.717) is 19.7 Å². The topological polar surface area (TPSA) is 46.5 Å². The van der Waals surface area contributed by atoms with Crippen molar-refractivity contribution in [1.29, 1.82) is 0 Å². The summed E-state index contributed by atoms with van der Waals surface area (Å²) in [5.74, 6) is 0.808. The van der Waals surface area contributed by atoms with Crippen LogP contribution in [-0.4, -0.2) is 28.6 Å². The predicted molar refractivity (Wildman–Crippen MR) is 104 cm³/mol. The molecule has 1 aliphatic rings. The third kappa shape index (κ3) is 3.01. The first-order chi connectivity index (χ1) is 12.7. The van der Waals surface area contributed by atoms with Crippen LogP contribution in [-0.2, 0) is 20.0 Å². The van der Waals surface area contributed by atoms with Gasteiger partial charge in [0.2, 0.25) is 0 Å². The van der Waals surface area contributed by atoms with Crippen molar-refractivity contribution in [2.75, 3.05) is 18.5 Å². The fraction of sp³-hybridized carbons (Fsp3) is 0.286. The van der Waals surface area contributed by atoms with E-state index in [4.69, 9.17) is 4.74 Å². The Labute approximate surface area is 153 Å². The summed E-state index contributed by atoms with van der Waals surface area (Å²) in [5.41, 5.74) is 4.53. The number of ether oxygens (including phenoxy) is 1. The van der Waals surface area contributed by atoms with E-state index >= 15 is 0 Å². The van der Waals surface area contributed by atoms with Crippen molar-refractivity contribution < 1.29 is 9.53 Å². The second kappa shape index (κ2) is 6.75. The van der Waals surface area contributed by atoms with Gasteiger partial charge in [0, 0.05) is 42.9 Å². The van der Waals surface area contributed by atoms with E-state index in [0.717, 1.165) is 17.9 Å². The lowest BCUT2D eigenvalue weighted by Crippen LogP contribution is -2.35. The normalized spacial score (nSPS) is 13.5. The summed E-state index contributed by atoms with van der Waals surface area (Å²) in [6.45, 7) is 3.91. The first-order valence-corrected chi connectivity index (χ1v) is 9.00. The molecule has 0 atom stereocenters. The molecule has 134 valence electrons. The third-order valence-corrected chi connectivity index (χ3v) is 4.90. The predicted octanol–water partition coefficient (Wildman–Crippen LogP) is 4.17. The Morgan fingerprint density at radius 3 is 2.73 bits per heavy atom. The molecule has 2 aromatic carbocycles. The maximum absolute atomic E-state index is 12.8. The number of urea groups is 1. The van der Waals surface area contributed by atoms with Gasteiger partial charge in [-0.2, -0.15) is 0 Å². The average molecular weight is 349 g/mol. The Kier molecular flexibility index (Phi) is 4.29. The van der Waals surface area contributed by atoms with Gasteiger partial charge in [-0.1, -0.05) is 12.1 Å². The van der Waals surface area contributed by atoms with Gasteiger partial charge in [0.05, 0.1) is 6.61 Å². The number of anilines is 1. The van der Waals surface area contributed by atoms with E-state index in [1.807, 2.05) is 36.1 Å². The molecule has 0 bridgehead atoms. The standard InChI is InChI=1S/C21H23N3O2/c1-3-26-18-9-7-17(8-10-18)22-21(25)24-12-11-16-13-23(2)19-6-4-5-15(14-24)20(16)19/h4-10,13H,3,11-12,14H2,1-2H3,(H,22,25). The fourth-order valence-electron chi connectivity index (χ4n) is 3.66. The number of benzene rings is 2. The lowest BCUT2D eigenvalue weighted by Gasteiger charge is -2.22. The Balaban J connectivity index is 1.52. The van der Waals surface area contributed by atoms with Gasteiger partial charge in [-0.15, -0.1) is 0 Å². The van der Waals surface area contributed by atoms with E-state index in [2.05, 4.69) is 41.3 Å². The molecular formula is C21H23N3O2. The minimum atomic E-state index is -0.0688. The van der Waals surface area contributed by atoms with Gasteiger partial charge in [-0.05, 0) is 54.8 Å². The Hall–Kier alpha value is -2.95. The van der Waals surface area contributed by atoms with Gasteiger partial charge in [0.25, 0.3) is 0 Å². The molecule has 0 saturated heterocycles. The van der Waals surface area contributed by atoms with E-state index in [1.165, 1.54) is 22.0 Å². The zero-order valence-electron chi connectivity index (χ0n) is 15.2. The van der Waals surface area contributed by atoms with E-state index in [1.54, 1.807) is 0 Å². The maximum atomic E-state index is 12.8. The Morgan fingerprint density at radius 2 is 1.96 bits per heavy atom. The molecule has 26 heavy (non-hydrogen) atoms. The minimum absolute atomic E-state index is 0.0688. The molecule has 4 rings (SSSR count). The smallest absolute Gasteiger partial charge is 0.322 e. The molecule has 0 unspecified atom stereocenters. The largest absolute Gasteiger partial charge is 0.494 e. The highest BCUT2D eigenvalue weighted by atomic mass is 16.5. The number of nitrogens with zero attached hydrogens (tertiary/aromatic N) is 2. The summed E-state index contributed by atoms with van der Waals surface area (Å²) < 4.78 is 7.61. The average Bonchev–Trinajstić information content (AvgIpc) is 2.85. The van der Waals surface area contributed by atoms with Crippen molar-refractivity contribution in [2.45, 2.75) is 19.9 Å². The summed E-state index contributed by atoms with van der Waals surface area (Å²) in [6.07, 6.45) is 3.05. The zero-order valence-corrected chi connectivity index (χ0v) is 15.2. The molecule has 2 heterocycles. The number of aryl methyl sites for hydroxylation is 1. The number of carbonyl (C=O) groups excluding carboxylic acids is 1. The van der Waals surface area contributed by atoms with Gasteiger partial charge in [-0.25, -0.2) is 4.79 Å². The molecule has 0 aliphatic carbocycles. The van der Waals surface area contributed by atoms with Gasteiger partial charge >= 0.3 is 6.03 Å². The number of aromatic nitrogens is 1. The first kappa shape index (κ1) is 16.5. The van der Waals surface area contributed by atoms with Crippen LogP contribution in [0.3, 0.4) is 0 Å². The van der Waals surface area contributed by atoms with Gasteiger partial charge in [0.1, 0.15) is 5.75 Å². The number of amides is 2. The van der Waals surface area contributed by atoms with Crippen LogP contribution in [0, 0.1) is 0 Å². The molecular weight excluding hydrogens is 326 g/mol. The lowest BCUT2D eigenvalue weighted by atomic mass is 10.1. The summed E-state index contributed by atoms with van der Waals surface area (Å²) in [4.78, 5) is 14.6. The molecule has 0 fully saturated rings. The second-order valence-corrected chi connectivity index (χ2v) is 6.64. The molecule has 2 amide bonds. The van der Waals surface area contributed by atoms with Crippen LogP contribution in [0.2, 0.25) is 0 Å². The molecule has 5 nitrogen and oxygen atoms in total. The van der Waals surface area contributed by atoms with Crippen LogP contribution in [0.15, 0.2) is 48.7 Å². The van der Waals surface area contributed by atoms with Crippen molar-refractivity contribution in [3.63, 3.8) is 0 Å². The molecule has 3 aromatic rings. The van der Waals surface area contributed by atoms with Crippen LogP contribution in [0.1, 0.15) is 18.1 Å². The van der Waals surface area contributed by atoms with Crippen molar-refractivity contribution in [2.24, 2.45) is 7.05 Å². The van der Waals surface area contributed by atoms with Gasteiger partial charge in [-0.3, -0.25) is 0 Å². The van der Waals surface area contributed by atoms with Gasteiger partial charge < -0.3 is 19.5 Å². The number of hydrogen-bond donors (Lipinski definition) is 1. The molecule has 1 aliphatic heterocycles. The quantitative estimate of drug-likeness (QED) is 0.771. The van der Waals surface area contributed by atoms with Crippen LogP contribution >= 0.6 is 0 Å². The van der Waals surface area contributed by atoms with E-state index in [-0.39, 0.29) is 6.03 Å².